The van der Waals surface area contributed by atoms with Gasteiger partial charge in [-0.2, -0.15) is 0 Å². The summed E-state index contributed by atoms with van der Waals surface area (Å²) < 4.78 is 14.9. The van der Waals surface area contributed by atoms with E-state index >= 15 is 0 Å². The number of aryl methyl sites for hydroxylation is 2. The minimum absolute atomic E-state index is 0.0871. The molecule has 0 aliphatic carbocycles. The van der Waals surface area contributed by atoms with Crippen LogP contribution in [0.15, 0.2) is 146 Å². The summed E-state index contributed by atoms with van der Waals surface area (Å²) in [6.07, 6.45) is 1.90. The molecular weight excluding hydrogens is 870 g/mol. The van der Waals surface area contributed by atoms with Gasteiger partial charge in [0.15, 0.2) is 0 Å². The third-order valence-electron chi connectivity index (χ3n) is 11.1. The van der Waals surface area contributed by atoms with Crippen molar-refractivity contribution in [1.82, 2.24) is 18.7 Å². The standard InChI is InChI=1S/C49H41N5O.Pt/c1-32-22-23-50-48(24-32)52-30-33-25-35(54-43-14-8-6-12-40(43)41-13-7-9-15-44(41)54)18-20-39(33)42-21-19-37(29-47(42)52)55-38-27-34(49(2,3)4)26-36(28-38)53-31-51(5)45-16-10-11-17-46(45)53;/h6-29H,30H2,1-5H3;. The van der Waals surface area contributed by atoms with Crippen molar-refractivity contribution in [2.45, 2.75) is 39.7 Å². The molecule has 6 aromatic carbocycles. The number of rotatable bonds is 5. The number of anilines is 2. The molecule has 1 aliphatic heterocycles. The number of ether oxygens (including phenoxy) is 1. The molecule has 0 unspecified atom stereocenters. The van der Waals surface area contributed by atoms with Crippen LogP contribution in [-0.4, -0.2) is 18.7 Å². The second kappa shape index (κ2) is 13.1. The first kappa shape index (κ1) is 34.5. The SMILES string of the molecule is Cc1ccnc(N2Cc3cc(-n4c5ccccc5c5ccccc54)ccc3-c3ccc(Oc4cc(-n5[c](=[Pt])n(C)c6ccccc65)cc(C(C)(C)C)c4)cc32)c1. The fourth-order valence-corrected chi connectivity index (χ4v) is 9.16. The topological polar surface area (TPSA) is 40.1 Å². The van der Waals surface area contributed by atoms with E-state index in [1.807, 2.05) is 6.20 Å². The third kappa shape index (κ3) is 5.66. The van der Waals surface area contributed by atoms with Crippen LogP contribution in [-0.2, 0) is 38.4 Å². The Kier molecular flexibility index (Phi) is 8.05. The van der Waals surface area contributed by atoms with Crippen molar-refractivity contribution < 1.29 is 24.1 Å². The molecule has 10 rings (SSSR count). The molecule has 1 aliphatic rings. The molecule has 0 amide bonds. The van der Waals surface area contributed by atoms with Gasteiger partial charge >= 0.3 is 221 Å². The fraction of sp³-hybridized carbons (Fsp3) is 0.143. The Morgan fingerprint density at radius 3 is 2.02 bits per heavy atom. The molecule has 0 fully saturated rings. The van der Waals surface area contributed by atoms with Crippen LogP contribution in [0.3, 0.4) is 0 Å². The first-order valence-corrected chi connectivity index (χ1v) is 20.2. The second-order valence-corrected chi connectivity index (χ2v) is 16.9. The van der Waals surface area contributed by atoms with E-state index in [0.29, 0.717) is 6.54 Å². The van der Waals surface area contributed by atoms with Gasteiger partial charge in [-0.25, -0.2) is 0 Å². The number of para-hydroxylation sites is 4. The van der Waals surface area contributed by atoms with Gasteiger partial charge in [-0.15, -0.1) is 0 Å². The van der Waals surface area contributed by atoms with Gasteiger partial charge in [0.1, 0.15) is 0 Å². The Labute approximate surface area is 337 Å². The number of fused-ring (bicyclic) bond motifs is 7. The normalized spacial score (nSPS) is 12.7. The summed E-state index contributed by atoms with van der Waals surface area (Å²) in [7, 11) is 2.12. The zero-order chi connectivity index (χ0) is 38.3. The number of aromatic nitrogens is 4. The minimum atomic E-state index is -0.0871. The van der Waals surface area contributed by atoms with E-state index in [1.54, 1.807) is 0 Å². The summed E-state index contributed by atoms with van der Waals surface area (Å²) >= 11 is 2.43. The zero-order valence-electron chi connectivity index (χ0n) is 32.0. The van der Waals surface area contributed by atoms with Crippen LogP contribution < -0.4 is 9.64 Å². The molecule has 0 saturated carbocycles. The van der Waals surface area contributed by atoms with Gasteiger partial charge < -0.3 is 4.57 Å². The van der Waals surface area contributed by atoms with E-state index in [2.05, 4.69) is 212 Å². The molecule has 7 heteroatoms. The first-order chi connectivity index (χ1) is 27.1. The number of hydrogen-bond donors (Lipinski definition) is 0. The molecule has 56 heavy (non-hydrogen) atoms. The second-order valence-electron chi connectivity index (χ2n) is 15.9. The van der Waals surface area contributed by atoms with Crippen molar-refractivity contribution in [1.29, 1.82) is 0 Å². The Bertz CT molecular complexity index is 3030. The average Bonchev–Trinajstić information content (AvgIpc) is 3.67. The van der Waals surface area contributed by atoms with Gasteiger partial charge in [0.2, 0.25) is 0 Å². The number of imidazole rings is 1. The molecule has 9 aromatic rings. The molecule has 4 heterocycles. The van der Waals surface area contributed by atoms with Gasteiger partial charge in [0.25, 0.3) is 0 Å². The van der Waals surface area contributed by atoms with Crippen LogP contribution in [0.5, 0.6) is 11.5 Å². The Balaban J connectivity index is 1.10. The predicted molar refractivity (Wildman–Crippen MR) is 225 cm³/mol. The monoisotopic (exact) mass is 910 g/mol. The molecule has 278 valence electrons. The average molecular weight is 911 g/mol. The molecule has 3 aromatic heterocycles. The summed E-state index contributed by atoms with van der Waals surface area (Å²) in [5.41, 5.74) is 14.0. The van der Waals surface area contributed by atoms with Crippen molar-refractivity contribution in [2.24, 2.45) is 7.05 Å². The van der Waals surface area contributed by atoms with Gasteiger partial charge in [-0.1, -0.05) is 36.4 Å². The number of pyridine rings is 1. The van der Waals surface area contributed by atoms with Crippen LogP contribution in [0, 0.1) is 10.7 Å². The third-order valence-corrected chi connectivity index (χ3v) is 12.4. The van der Waals surface area contributed by atoms with E-state index in [1.165, 1.54) is 49.6 Å². The van der Waals surface area contributed by atoms with E-state index in [9.17, 15) is 0 Å². The Morgan fingerprint density at radius 1 is 0.625 bits per heavy atom. The summed E-state index contributed by atoms with van der Waals surface area (Å²) in [5, 5.41) is 2.52. The van der Waals surface area contributed by atoms with Gasteiger partial charge in [-0.3, -0.25) is 0 Å². The first-order valence-electron chi connectivity index (χ1n) is 19.0. The quantitative estimate of drug-likeness (QED) is 0.173. The molecule has 0 radical (unpaired) electrons. The molecule has 0 N–H and O–H groups in total. The predicted octanol–water partition coefficient (Wildman–Crippen LogP) is 12.3. The number of nitrogens with zero attached hydrogens (tertiary/aromatic N) is 5. The maximum absolute atomic E-state index is 6.87. The van der Waals surface area contributed by atoms with E-state index in [-0.39, 0.29) is 5.41 Å². The summed E-state index contributed by atoms with van der Waals surface area (Å²) in [5.74, 6) is 2.49. The van der Waals surface area contributed by atoms with E-state index in [0.717, 1.165) is 49.3 Å². The summed E-state index contributed by atoms with van der Waals surface area (Å²) in [4.78, 5) is 7.23. The molecule has 0 atom stereocenters. The molecule has 6 nitrogen and oxygen atoms in total. The van der Waals surface area contributed by atoms with E-state index in [4.69, 9.17) is 9.72 Å². The van der Waals surface area contributed by atoms with Crippen LogP contribution in [0.2, 0.25) is 0 Å². The van der Waals surface area contributed by atoms with Crippen LogP contribution in [0.25, 0.3) is 55.3 Å². The van der Waals surface area contributed by atoms with Crippen molar-refractivity contribution >= 4 is 44.3 Å². The Morgan fingerprint density at radius 2 is 1.30 bits per heavy atom. The van der Waals surface area contributed by atoms with Gasteiger partial charge in [-0.05, 0) is 42.8 Å². The van der Waals surface area contributed by atoms with Gasteiger partial charge in [0.05, 0.1) is 11.0 Å². The fourth-order valence-electron chi connectivity index (χ4n) is 8.32. The van der Waals surface area contributed by atoms with Crippen LogP contribution >= 0.6 is 0 Å². The molecule has 0 spiro atoms. The summed E-state index contributed by atoms with van der Waals surface area (Å²) in [6, 6.07) is 50.2. The maximum atomic E-state index is 6.87. The van der Waals surface area contributed by atoms with Gasteiger partial charge in [0, 0.05) is 22.7 Å². The number of hydrogen-bond acceptors (Lipinski definition) is 3. The van der Waals surface area contributed by atoms with Crippen molar-refractivity contribution in [3.8, 4) is 34.0 Å². The van der Waals surface area contributed by atoms with Crippen molar-refractivity contribution in [2.75, 3.05) is 4.90 Å². The molecule has 0 saturated heterocycles. The number of benzene rings is 6. The Hall–Kier alpha value is -5.97. The molecular formula is C49H41N5OPt. The van der Waals surface area contributed by atoms with Crippen molar-refractivity contribution in [3.05, 3.63) is 166 Å². The molecule has 0 bridgehead atoms. The van der Waals surface area contributed by atoms with E-state index < -0.39 is 0 Å². The van der Waals surface area contributed by atoms with Crippen molar-refractivity contribution in [3.63, 3.8) is 0 Å². The van der Waals surface area contributed by atoms with Crippen LogP contribution in [0.1, 0.15) is 37.5 Å². The zero-order valence-corrected chi connectivity index (χ0v) is 34.3. The van der Waals surface area contributed by atoms with Crippen LogP contribution in [0.4, 0.5) is 11.5 Å². The summed E-state index contributed by atoms with van der Waals surface area (Å²) in [6.45, 7) is 9.56.